The zero-order valence-electron chi connectivity index (χ0n) is 15.8. The van der Waals surface area contributed by atoms with Gasteiger partial charge in [0.05, 0.1) is 26.3 Å². The number of aryl methyl sites for hydroxylation is 2. The van der Waals surface area contributed by atoms with Crippen molar-refractivity contribution in [3.05, 3.63) is 18.7 Å². The molecule has 0 saturated heterocycles. The van der Waals surface area contributed by atoms with Gasteiger partial charge in [0.15, 0.2) is 0 Å². The summed E-state index contributed by atoms with van der Waals surface area (Å²) in [6, 6.07) is 0. The number of unbranched alkanes of at least 4 members (excludes halogenated alkanes) is 3. The smallest absolute Gasteiger partial charge is 0.267 e. The molecule has 24 heavy (non-hydrogen) atoms. The van der Waals surface area contributed by atoms with Crippen LogP contribution in [0, 0.1) is 0 Å². The van der Waals surface area contributed by atoms with Gasteiger partial charge in [-0.05, 0) is 32.6 Å². The molecule has 0 spiro atoms. The number of nitrogens with zero attached hydrogens (tertiary/aromatic N) is 2. The van der Waals surface area contributed by atoms with Crippen molar-refractivity contribution in [1.29, 1.82) is 0 Å². The molecule has 0 bridgehead atoms. The molecule has 0 aliphatic rings. The third kappa shape index (κ3) is 12.7. The molecule has 142 valence electrons. The Morgan fingerprint density at radius 3 is 2.08 bits per heavy atom. The van der Waals surface area contributed by atoms with Crippen LogP contribution in [0.3, 0.4) is 0 Å². The van der Waals surface area contributed by atoms with E-state index in [1.165, 1.54) is 32.2 Å². The molecule has 1 rings (SSSR count). The van der Waals surface area contributed by atoms with Gasteiger partial charge < -0.3 is 13.9 Å². The number of hydrogen-bond acceptors (Lipinski definition) is 4. The van der Waals surface area contributed by atoms with E-state index in [4.69, 9.17) is 0 Å². The van der Waals surface area contributed by atoms with Crippen LogP contribution in [-0.2, 0) is 26.7 Å². The topological polar surface area (TPSA) is 67.4 Å². The van der Waals surface area contributed by atoms with Crippen molar-refractivity contribution in [3.8, 4) is 0 Å². The molecule has 0 aliphatic carbocycles. The second-order valence-corrected chi connectivity index (χ2v) is 7.07. The first-order valence-electron chi connectivity index (χ1n) is 9.13. The van der Waals surface area contributed by atoms with Crippen LogP contribution >= 0.6 is 7.82 Å². The molecule has 0 atom stereocenters. The quantitative estimate of drug-likeness (QED) is 0.323. The third-order valence-corrected chi connectivity index (χ3v) is 4.29. The highest BCUT2D eigenvalue weighted by molar-refractivity contribution is 7.45. The highest BCUT2D eigenvalue weighted by atomic mass is 31.2. The van der Waals surface area contributed by atoms with Crippen LogP contribution in [0.5, 0.6) is 0 Å². The lowest BCUT2D eigenvalue weighted by atomic mass is 10.2. The van der Waals surface area contributed by atoms with Crippen LogP contribution in [0.4, 0.5) is 0 Å². The molecular formula is C17H35N2O4P. The minimum Gasteiger partial charge on any atom is -0.756 e. The van der Waals surface area contributed by atoms with Crippen molar-refractivity contribution in [2.45, 2.75) is 79.3 Å². The Labute approximate surface area is 147 Å². The Morgan fingerprint density at radius 2 is 1.62 bits per heavy atom. The summed E-state index contributed by atoms with van der Waals surface area (Å²) in [5, 5.41) is 0. The summed E-state index contributed by atoms with van der Waals surface area (Å²) in [6.45, 7) is 10.7. The van der Waals surface area contributed by atoms with Gasteiger partial charge in [-0.15, -0.1) is 0 Å². The Bertz CT molecular complexity index is 440. The van der Waals surface area contributed by atoms with E-state index in [9.17, 15) is 9.46 Å². The predicted octanol–water partition coefficient (Wildman–Crippen LogP) is 3.68. The van der Waals surface area contributed by atoms with Crippen LogP contribution in [0.25, 0.3) is 0 Å². The molecule has 1 aromatic rings. The number of imidazole rings is 1. The highest BCUT2D eigenvalue weighted by Crippen LogP contribution is 2.38. The fourth-order valence-electron chi connectivity index (χ4n) is 1.92. The normalized spacial score (nSPS) is 11.2. The molecule has 0 saturated carbocycles. The van der Waals surface area contributed by atoms with Gasteiger partial charge in [0.25, 0.3) is 7.82 Å². The van der Waals surface area contributed by atoms with Crippen LogP contribution < -0.4 is 9.46 Å². The van der Waals surface area contributed by atoms with Crippen molar-refractivity contribution in [2.24, 2.45) is 0 Å². The number of hydrogen-bond donors (Lipinski definition) is 0. The van der Waals surface area contributed by atoms with E-state index in [1.54, 1.807) is 0 Å². The standard InChI is InChI=1S/C11H21N2.C6H15O4P/c1-3-5-6-7-8-13-10-9-12(4-2)11-13;1-3-5-9-11(7,8)10-6-4-2/h9-11H,3-8H2,1-2H3;3-6H2,1-2H3,(H,7,8)/q+1;/p-1. The van der Waals surface area contributed by atoms with Crippen molar-refractivity contribution >= 4 is 7.82 Å². The maximum atomic E-state index is 10.7. The van der Waals surface area contributed by atoms with Crippen molar-refractivity contribution in [3.63, 3.8) is 0 Å². The van der Waals surface area contributed by atoms with E-state index in [2.05, 4.69) is 50.8 Å². The molecule has 0 aliphatic heterocycles. The van der Waals surface area contributed by atoms with E-state index in [1.807, 2.05) is 13.8 Å². The molecule has 7 heteroatoms. The summed E-state index contributed by atoms with van der Waals surface area (Å²) < 4.78 is 24.1. The molecule has 0 fully saturated rings. The second-order valence-electron chi connectivity index (χ2n) is 5.66. The summed E-state index contributed by atoms with van der Waals surface area (Å²) in [5.41, 5.74) is 0. The summed E-state index contributed by atoms with van der Waals surface area (Å²) in [7, 11) is -3.98. The van der Waals surface area contributed by atoms with E-state index in [0.29, 0.717) is 12.8 Å². The average Bonchev–Trinajstić information content (AvgIpc) is 3.04. The maximum Gasteiger partial charge on any atom is 0.267 e. The molecule has 0 unspecified atom stereocenters. The Balaban J connectivity index is 0.000000449. The van der Waals surface area contributed by atoms with Crippen LogP contribution in [0.1, 0.15) is 66.2 Å². The largest absolute Gasteiger partial charge is 0.756 e. The van der Waals surface area contributed by atoms with Gasteiger partial charge in [-0.1, -0.05) is 33.6 Å². The Kier molecular flexibility index (Phi) is 14.2. The van der Waals surface area contributed by atoms with Crippen molar-refractivity contribution in [2.75, 3.05) is 13.2 Å². The number of aromatic nitrogens is 2. The first kappa shape index (κ1) is 23.3. The van der Waals surface area contributed by atoms with Gasteiger partial charge in [-0.2, -0.15) is 0 Å². The summed E-state index contributed by atoms with van der Waals surface area (Å²) in [6.07, 6.45) is 13.2. The lowest BCUT2D eigenvalue weighted by Crippen LogP contribution is -2.28. The van der Waals surface area contributed by atoms with E-state index in [0.717, 1.165) is 6.54 Å². The molecule has 0 amide bonds. The SMILES string of the molecule is CCCCCCn1cc[n+](CC)c1.CCCOP(=O)([O-])OCCC. The third-order valence-electron chi connectivity index (χ3n) is 3.29. The first-order chi connectivity index (χ1) is 11.5. The average molecular weight is 362 g/mol. The fourth-order valence-corrected chi connectivity index (χ4v) is 2.81. The number of phosphoric ester groups is 1. The zero-order chi connectivity index (χ0) is 18.3. The van der Waals surface area contributed by atoms with Crippen molar-refractivity contribution in [1.82, 2.24) is 4.57 Å². The van der Waals surface area contributed by atoms with Gasteiger partial charge in [-0.25, -0.2) is 9.13 Å². The van der Waals surface area contributed by atoms with Gasteiger partial charge in [0, 0.05) is 0 Å². The predicted molar refractivity (Wildman–Crippen MR) is 94.5 cm³/mol. The zero-order valence-corrected chi connectivity index (χ0v) is 16.7. The van der Waals surface area contributed by atoms with E-state index in [-0.39, 0.29) is 13.2 Å². The highest BCUT2D eigenvalue weighted by Gasteiger charge is 2.06. The number of rotatable bonds is 12. The van der Waals surface area contributed by atoms with Crippen LogP contribution in [-0.4, -0.2) is 17.8 Å². The number of phosphoric acid groups is 1. The molecular weight excluding hydrogens is 327 g/mol. The lowest BCUT2D eigenvalue weighted by molar-refractivity contribution is -0.693. The second kappa shape index (κ2) is 14.6. The fraction of sp³-hybridized carbons (Fsp3) is 0.824. The van der Waals surface area contributed by atoms with Crippen molar-refractivity contribution < 1.29 is 23.1 Å². The summed E-state index contributed by atoms with van der Waals surface area (Å²) in [5.74, 6) is 0. The van der Waals surface area contributed by atoms with Crippen LogP contribution in [0.2, 0.25) is 0 Å². The van der Waals surface area contributed by atoms with Gasteiger partial charge in [-0.3, -0.25) is 4.57 Å². The molecule has 1 heterocycles. The molecule has 0 N–H and O–H groups in total. The maximum absolute atomic E-state index is 10.7. The van der Waals surface area contributed by atoms with Gasteiger partial charge in [0.2, 0.25) is 6.33 Å². The van der Waals surface area contributed by atoms with E-state index < -0.39 is 7.82 Å². The van der Waals surface area contributed by atoms with Gasteiger partial charge >= 0.3 is 0 Å². The first-order valence-corrected chi connectivity index (χ1v) is 10.6. The molecule has 0 aromatic carbocycles. The summed E-state index contributed by atoms with van der Waals surface area (Å²) >= 11 is 0. The molecule has 6 nitrogen and oxygen atoms in total. The molecule has 1 aromatic heterocycles. The van der Waals surface area contributed by atoms with E-state index >= 15 is 0 Å². The summed E-state index contributed by atoms with van der Waals surface area (Å²) in [4.78, 5) is 10.7. The lowest BCUT2D eigenvalue weighted by Gasteiger charge is -2.21. The Hall–Kier alpha value is -0.680. The minimum atomic E-state index is -3.98. The molecule has 0 radical (unpaired) electrons. The monoisotopic (exact) mass is 362 g/mol. The minimum absolute atomic E-state index is 0.199. The Morgan fingerprint density at radius 1 is 1.00 bits per heavy atom. The van der Waals surface area contributed by atoms with Gasteiger partial charge in [0.1, 0.15) is 12.4 Å². The van der Waals surface area contributed by atoms with Crippen LogP contribution in [0.15, 0.2) is 18.7 Å².